The molecular weight excluding hydrogens is 516 g/mol. The van der Waals surface area contributed by atoms with Crippen LogP contribution in [0.1, 0.15) is 54.2 Å². The molecule has 1 fully saturated rings. The van der Waals surface area contributed by atoms with Crippen LogP contribution in [0.25, 0.3) is 11.1 Å². The molecule has 2 atom stereocenters. The number of anilines is 1. The number of carbonyl (C=O) groups is 2. The van der Waals surface area contributed by atoms with E-state index in [9.17, 15) is 9.59 Å². The van der Waals surface area contributed by atoms with Crippen molar-refractivity contribution < 1.29 is 19.1 Å². The van der Waals surface area contributed by atoms with Gasteiger partial charge in [-0.1, -0.05) is 35.9 Å². The SMILES string of the molecule is COc1cccc([C@@H](C)NC(=O)[C@@H](C)N2Cc3ccc(-c4cc(NC5CCOCC5)ncc4Cl)cc3C2=O)c1. The summed E-state index contributed by atoms with van der Waals surface area (Å²) < 4.78 is 10.7. The number of hydrogen-bond acceptors (Lipinski definition) is 6. The lowest BCUT2D eigenvalue weighted by Crippen LogP contribution is -2.45. The summed E-state index contributed by atoms with van der Waals surface area (Å²) in [5, 5.41) is 7.01. The Morgan fingerprint density at radius 1 is 1.13 bits per heavy atom. The Kier molecular flexibility index (Phi) is 8.04. The molecule has 2 aliphatic rings. The van der Waals surface area contributed by atoms with Crippen LogP contribution in [0.15, 0.2) is 54.7 Å². The Labute approximate surface area is 233 Å². The number of carbonyl (C=O) groups excluding carboxylic acids is 2. The van der Waals surface area contributed by atoms with Gasteiger partial charge >= 0.3 is 0 Å². The first-order valence-electron chi connectivity index (χ1n) is 13.2. The maximum Gasteiger partial charge on any atom is 0.255 e. The number of hydrogen-bond donors (Lipinski definition) is 2. The van der Waals surface area contributed by atoms with Gasteiger partial charge in [0.1, 0.15) is 17.6 Å². The van der Waals surface area contributed by atoms with Gasteiger partial charge in [-0.05, 0) is 67.6 Å². The Balaban J connectivity index is 1.29. The maximum atomic E-state index is 13.4. The first-order valence-corrected chi connectivity index (χ1v) is 13.6. The second kappa shape index (κ2) is 11.6. The smallest absolute Gasteiger partial charge is 0.255 e. The molecule has 5 rings (SSSR count). The third-order valence-corrected chi connectivity index (χ3v) is 7.78. The van der Waals surface area contributed by atoms with Gasteiger partial charge in [-0.25, -0.2) is 4.98 Å². The lowest BCUT2D eigenvalue weighted by molar-refractivity contribution is -0.125. The number of amides is 2. The number of pyridine rings is 1. The number of fused-ring (bicyclic) bond motifs is 1. The van der Waals surface area contributed by atoms with Crippen molar-refractivity contribution in [3.63, 3.8) is 0 Å². The minimum absolute atomic E-state index is 0.172. The maximum absolute atomic E-state index is 13.4. The highest BCUT2D eigenvalue weighted by molar-refractivity contribution is 6.33. The first-order chi connectivity index (χ1) is 18.8. The molecule has 39 heavy (non-hydrogen) atoms. The van der Waals surface area contributed by atoms with Gasteiger partial charge in [-0.15, -0.1) is 0 Å². The van der Waals surface area contributed by atoms with Gasteiger partial charge in [-0.2, -0.15) is 0 Å². The summed E-state index contributed by atoms with van der Waals surface area (Å²) >= 11 is 6.53. The van der Waals surface area contributed by atoms with Gasteiger partial charge in [0.05, 0.1) is 18.2 Å². The van der Waals surface area contributed by atoms with Crippen LogP contribution in [0.5, 0.6) is 5.75 Å². The summed E-state index contributed by atoms with van der Waals surface area (Å²) in [6.45, 7) is 5.51. The second-order valence-electron chi connectivity index (χ2n) is 10.1. The van der Waals surface area contributed by atoms with Gasteiger partial charge in [-0.3, -0.25) is 9.59 Å². The predicted molar refractivity (Wildman–Crippen MR) is 151 cm³/mol. The van der Waals surface area contributed by atoms with Crippen molar-refractivity contribution in [1.29, 1.82) is 0 Å². The predicted octanol–water partition coefficient (Wildman–Crippen LogP) is 5.22. The van der Waals surface area contributed by atoms with Crippen LogP contribution < -0.4 is 15.4 Å². The molecular formula is C30H33ClN4O4. The van der Waals surface area contributed by atoms with Crippen molar-refractivity contribution in [3.05, 3.63) is 76.4 Å². The third kappa shape index (κ3) is 5.87. The van der Waals surface area contributed by atoms with E-state index < -0.39 is 6.04 Å². The van der Waals surface area contributed by atoms with Crippen LogP contribution in [0.2, 0.25) is 5.02 Å². The van der Waals surface area contributed by atoms with Crippen molar-refractivity contribution in [2.75, 3.05) is 25.6 Å². The van der Waals surface area contributed by atoms with Crippen LogP contribution in [-0.2, 0) is 16.1 Å². The number of nitrogens with one attached hydrogen (secondary N) is 2. The summed E-state index contributed by atoms with van der Waals surface area (Å²) in [6.07, 6.45) is 3.48. The normalized spacial score (nSPS) is 16.9. The Morgan fingerprint density at radius 2 is 1.92 bits per heavy atom. The molecule has 204 valence electrons. The largest absolute Gasteiger partial charge is 0.497 e. The molecule has 8 nitrogen and oxygen atoms in total. The molecule has 0 radical (unpaired) electrons. The number of halogens is 1. The highest BCUT2D eigenvalue weighted by atomic mass is 35.5. The molecule has 3 heterocycles. The zero-order chi connectivity index (χ0) is 27.5. The van der Waals surface area contributed by atoms with Crippen LogP contribution in [0.4, 0.5) is 5.82 Å². The van der Waals surface area contributed by atoms with Crippen molar-refractivity contribution in [2.24, 2.45) is 0 Å². The lowest BCUT2D eigenvalue weighted by Gasteiger charge is -2.25. The average molecular weight is 549 g/mol. The number of benzene rings is 2. The quantitative estimate of drug-likeness (QED) is 0.401. The summed E-state index contributed by atoms with van der Waals surface area (Å²) in [5.74, 6) is 1.08. The van der Waals surface area contributed by atoms with Crippen molar-refractivity contribution >= 4 is 29.2 Å². The van der Waals surface area contributed by atoms with Gasteiger partial charge in [0.25, 0.3) is 5.91 Å². The van der Waals surface area contributed by atoms with E-state index in [1.54, 1.807) is 25.1 Å². The fourth-order valence-corrected chi connectivity index (χ4v) is 5.28. The van der Waals surface area contributed by atoms with E-state index in [2.05, 4.69) is 15.6 Å². The fraction of sp³-hybridized carbons (Fsp3) is 0.367. The van der Waals surface area contributed by atoms with Gasteiger partial charge < -0.3 is 25.0 Å². The Bertz CT molecular complexity index is 1370. The van der Waals surface area contributed by atoms with E-state index in [4.69, 9.17) is 21.1 Å². The van der Waals surface area contributed by atoms with Crippen molar-refractivity contribution in [1.82, 2.24) is 15.2 Å². The number of rotatable bonds is 8. The minimum Gasteiger partial charge on any atom is -0.497 e. The van der Waals surface area contributed by atoms with Crippen LogP contribution in [-0.4, -0.2) is 54.1 Å². The Hall–Kier alpha value is -3.62. The molecule has 0 saturated carbocycles. The van der Waals surface area contributed by atoms with Gasteiger partial charge in [0, 0.05) is 43.1 Å². The molecule has 2 aliphatic heterocycles. The molecule has 3 aromatic rings. The molecule has 0 bridgehead atoms. The van der Waals surface area contributed by atoms with E-state index in [0.29, 0.717) is 23.2 Å². The van der Waals surface area contributed by atoms with Crippen molar-refractivity contribution in [3.8, 4) is 16.9 Å². The van der Waals surface area contributed by atoms with Crippen LogP contribution in [0, 0.1) is 0 Å². The summed E-state index contributed by atoms with van der Waals surface area (Å²) in [5.41, 5.74) is 4.02. The topological polar surface area (TPSA) is 92.8 Å². The highest BCUT2D eigenvalue weighted by Gasteiger charge is 2.34. The lowest BCUT2D eigenvalue weighted by atomic mass is 10.0. The van der Waals surface area contributed by atoms with Crippen LogP contribution in [0.3, 0.4) is 0 Å². The molecule has 1 saturated heterocycles. The van der Waals surface area contributed by atoms with E-state index >= 15 is 0 Å². The summed E-state index contributed by atoms with van der Waals surface area (Å²) in [7, 11) is 1.61. The second-order valence-corrected chi connectivity index (χ2v) is 10.5. The van der Waals surface area contributed by atoms with E-state index in [1.165, 1.54) is 0 Å². The standard InChI is InChI=1S/C30H33ClN4O4/c1-18(20-5-4-6-24(13-20)38-3)33-29(36)19(2)35-17-22-8-7-21(14-26(22)30(35)37)25-15-28(32-16-27(25)31)34-23-9-11-39-12-10-23/h4-8,13-16,18-19,23H,9-12,17H2,1-3H3,(H,32,34)(H,33,36)/t18-,19-/m1/s1. The van der Waals surface area contributed by atoms with Crippen LogP contribution >= 0.6 is 11.6 Å². The van der Waals surface area contributed by atoms with E-state index in [-0.39, 0.29) is 17.9 Å². The van der Waals surface area contributed by atoms with Gasteiger partial charge in [0.2, 0.25) is 5.91 Å². The molecule has 2 amide bonds. The number of methoxy groups -OCH3 is 1. The van der Waals surface area contributed by atoms with Gasteiger partial charge in [0.15, 0.2) is 0 Å². The average Bonchev–Trinajstić information content (AvgIpc) is 3.29. The molecule has 0 spiro atoms. The minimum atomic E-state index is -0.638. The number of nitrogens with zero attached hydrogens (tertiary/aromatic N) is 2. The fourth-order valence-electron chi connectivity index (χ4n) is 5.06. The highest BCUT2D eigenvalue weighted by Crippen LogP contribution is 2.34. The summed E-state index contributed by atoms with van der Waals surface area (Å²) in [4.78, 5) is 32.6. The number of ether oxygens (including phenoxy) is 2. The van der Waals surface area contributed by atoms with E-state index in [1.807, 2.05) is 55.5 Å². The molecule has 2 aromatic carbocycles. The molecule has 9 heteroatoms. The monoisotopic (exact) mass is 548 g/mol. The molecule has 2 N–H and O–H groups in total. The molecule has 1 aromatic heterocycles. The zero-order valence-electron chi connectivity index (χ0n) is 22.4. The zero-order valence-corrected chi connectivity index (χ0v) is 23.1. The van der Waals surface area contributed by atoms with E-state index in [0.717, 1.165) is 59.9 Å². The first kappa shape index (κ1) is 27.0. The third-order valence-electron chi connectivity index (χ3n) is 7.48. The summed E-state index contributed by atoms with van der Waals surface area (Å²) in [6, 6.07) is 14.7. The number of aromatic nitrogens is 1. The Morgan fingerprint density at radius 3 is 2.69 bits per heavy atom. The molecule has 0 unspecified atom stereocenters. The van der Waals surface area contributed by atoms with Crippen molar-refractivity contribution in [2.45, 2.75) is 51.4 Å². The molecule has 0 aliphatic carbocycles.